The normalized spacial score (nSPS) is 17.9. The number of aromatic hydroxyl groups is 1. The number of phenolic OH excluding ortho intramolecular Hbond substituents is 1. The number of piperidine rings is 1. The molecule has 3 amide bonds. The van der Waals surface area contributed by atoms with Gasteiger partial charge in [-0.25, -0.2) is 9.79 Å². The first-order valence-electron chi connectivity index (χ1n) is 15.5. The van der Waals surface area contributed by atoms with Crippen LogP contribution >= 0.6 is 31.9 Å². The Morgan fingerprint density at radius 2 is 1.72 bits per heavy atom. The summed E-state index contributed by atoms with van der Waals surface area (Å²) in [4.78, 5) is 44.0. The van der Waals surface area contributed by atoms with Crippen LogP contribution in [0.15, 0.2) is 74.9 Å². The van der Waals surface area contributed by atoms with Crippen molar-refractivity contribution in [2.24, 2.45) is 4.99 Å². The molecule has 14 heteroatoms. The van der Waals surface area contributed by atoms with E-state index in [1.807, 2.05) is 57.3 Å². The van der Waals surface area contributed by atoms with E-state index in [0.717, 1.165) is 22.5 Å². The van der Waals surface area contributed by atoms with Crippen molar-refractivity contribution in [2.45, 2.75) is 37.9 Å². The van der Waals surface area contributed by atoms with Crippen LogP contribution in [0, 0.1) is 11.5 Å². The maximum atomic E-state index is 14.1. The minimum absolute atomic E-state index is 0.0313. The smallest absolute Gasteiger partial charge is 0.322 e. The van der Waals surface area contributed by atoms with Crippen molar-refractivity contribution in [1.82, 2.24) is 25.0 Å². The highest BCUT2D eigenvalue weighted by Crippen LogP contribution is 2.34. The van der Waals surface area contributed by atoms with E-state index in [1.54, 1.807) is 24.5 Å². The lowest BCUT2D eigenvalue weighted by Crippen LogP contribution is -2.54. The summed E-state index contributed by atoms with van der Waals surface area (Å²) < 4.78 is 1.01. The number of aromatic nitrogens is 1. The molecule has 0 unspecified atom stereocenters. The molecule has 1 atom stereocenters. The number of fused-ring (bicyclic) bond motifs is 1. The molecule has 0 bridgehead atoms. The number of amides is 3. The number of urea groups is 1. The summed E-state index contributed by atoms with van der Waals surface area (Å²) in [5, 5.41) is 25.7. The summed E-state index contributed by atoms with van der Waals surface area (Å²) in [6, 6.07) is 14.4. The predicted octanol–water partition coefficient (Wildman–Crippen LogP) is 4.51. The van der Waals surface area contributed by atoms with Crippen LogP contribution in [-0.4, -0.2) is 94.0 Å². The molecule has 12 nitrogen and oxygen atoms in total. The number of pyridine rings is 1. The number of guanidine groups is 1. The number of hydrogen-bond donors (Lipinski definition) is 3. The average molecular weight is 766 g/mol. The van der Waals surface area contributed by atoms with Gasteiger partial charge in [0.15, 0.2) is 6.19 Å². The number of carbonyl (C=O) groups is 2. The summed E-state index contributed by atoms with van der Waals surface area (Å²) in [5.41, 5.74) is 3.79. The Hall–Kier alpha value is -4.35. The second kappa shape index (κ2) is 14.6. The number of rotatable bonds is 6. The molecule has 0 saturated carbocycles. The van der Waals surface area contributed by atoms with Crippen molar-refractivity contribution in [3.63, 3.8) is 0 Å². The minimum atomic E-state index is -0.816. The zero-order valence-electron chi connectivity index (χ0n) is 25.6. The Labute approximate surface area is 290 Å². The van der Waals surface area contributed by atoms with Crippen LogP contribution in [0.3, 0.4) is 0 Å². The second-order valence-corrected chi connectivity index (χ2v) is 13.5. The van der Waals surface area contributed by atoms with E-state index >= 15 is 0 Å². The number of carbonyl (C=O) groups excluding carboxylic acids is 2. The van der Waals surface area contributed by atoms with E-state index in [0.29, 0.717) is 73.6 Å². The standard InChI is InChI=1S/C33H35Br2N9O3/c34-26-17-22(18-27(35)30(26)45)19-29(31(46)42-15-13-41(14-16-42)24-5-9-37-10-6-24)39-32(38-21-36)43-11-7-25(8-12-43)44-20-23-3-1-2-4-28(23)40-33(44)47/h1-6,9-10,17-18,25,29,45H,7-8,11-16,19-20H2,(H,38,39)(H,40,47)/t29-/m1/s1. The molecule has 2 fully saturated rings. The Bertz CT molecular complexity index is 1660. The van der Waals surface area contributed by atoms with Gasteiger partial charge in [-0.3, -0.25) is 15.1 Å². The number of anilines is 2. The third-order valence-electron chi connectivity index (χ3n) is 8.92. The molecule has 4 heterocycles. The minimum Gasteiger partial charge on any atom is -0.506 e. The molecule has 244 valence electrons. The van der Waals surface area contributed by atoms with Crippen molar-refractivity contribution in [1.29, 1.82) is 5.26 Å². The molecule has 2 aromatic carbocycles. The SMILES string of the molecule is N#CNC(=N[C@H](Cc1cc(Br)c(O)c(Br)c1)C(=O)N1CCN(c2ccncc2)CC1)N1CCC(N2Cc3ccccc3NC2=O)CC1. The first kappa shape index (κ1) is 32.6. The summed E-state index contributed by atoms with van der Waals surface area (Å²) in [7, 11) is 0. The third kappa shape index (κ3) is 7.47. The van der Waals surface area contributed by atoms with Crippen molar-refractivity contribution in [3.8, 4) is 11.9 Å². The molecule has 2 saturated heterocycles. The average Bonchev–Trinajstić information content (AvgIpc) is 3.10. The van der Waals surface area contributed by atoms with Crippen molar-refractivity contribution >= 4 is 61.1 Å². The highest BCUT2D eigenvalue weighted by atomic mass is 79.9. The predicted molar refractivity (Wildman–Crippen MR) is 186 cm³/mol. The van der Waals surface area contributed by atoms with Crippen LogP contribution in [0.2, 0.25) is 0 Å². The molecule has 3 aliphatic heterocycles. The summed E-state index contributed by atoms with van der Waals surface area (Å²) >= 11 is 6.80. The van der Waals surface area contributed by atoms with E-state index in [-0.39, 0.29) is 30.2 Å². The number of para-hydroxylation sites is 1. The van der Waals surface area contributed by atoms with Gasteiger partial charge in [-0.05, 0) is 86.2 Å². The van der Waals surface area contributed by atoms with Gasteiger partial charge in [0.1, 0.15) is 11.8 Å². The molecule has 0 radical (unpaired) electrons. The number of aliphatic imine (C=N–C) groups is 1. The quantitative estimate of drug-likeness (QED) is 0.144. The van der Waals surface area contributed by atoms with Crippen molar-refractivity contribution in [2.75, 3.05) is 49.5 Å². The number of benzene rings is 2. The molecule has 3 aliphatic rings. The number of likely N-dealkylation sites (tertiary alicyclic amines) is 1. The van der Waals surface area contributed by atoms with Gasteiger partial charge in [0, 0.05) is 82.0 Å². The van der Waals surface area contributed by atoms with Gasteiger partial charge in [-0.15, -0.1) is 0 Å². The monoisotopic (exact) mass is 763 g/mol. The Kier molecular flexibility index (Phi) is 10.1. The van der Waals surface area contributed by atoms with E-state index in [2.05, 4.69) is 52.4 Å². The molecule has 1 aromatic heterocycles. The topological polar surface area (TPSA) is 140 Å². The summed E-state index contributed by atoms with van der Waals surface area (Å²) in [5.74, 6) is 0.286. The van der Waals surface area contributed by atoms with Gasteiger partial charge in [-0.1, -0.05) is 18.2 Å². The largest absolute Gasteiger partial charge is 0.506 e. The van der Waals surface area contributed by atoms with Gasteiger partial charge >= 0.3 is 6.03 Å². The molecule has 0 aliphatic carbocycles. The maximum absolute atomic E-state index is 14.1. The number of phenols is 1. The number of halogens is 2. The lowest BCUT2D eigenvalue weighted by atomic mass is 10.0. The van der Waals surface area contributed by atoms with E-state index in [9.17, 15) is 20.0 Å². The molecule has 6 rings (SSSR count). The number of nitrogens with one attached hydrogen (secondary N) is 2. The lowest BCUT2D eigenvalue weighted by Gasteiger charge is -2.41. The number of nitriles is 1. The lowest BCUT2D eigenvalue weighted by molar-refractivity contribution is -0.132. The number of nitrogens with zero attached hydrogens (tertiary/aromatic N) is 7. The van der Waals surface area contributed by atoms with Gasteiger partial charge in [0.05, 0.1) is 8.95 Å². The second-order valence-electron chi connectivity index (χ2n) is 11.8. The van der Waals surface area contributed by atoms with Crippen molar-refractivity contribution in [3.05, 3.63) is 81.0 Å². The number of piperazine rings is 1. The van der Waals surface area contributed by atoms with E-state index < -0.39 is 6.04 Å². The molecule has 0 spiro atoms. The zero-order valence-corrected chi connectivity index (χ0v) is 28.8. The third-order valence-corrected chi connectivity index (χ3v) is 10.1. The first-order valence-corrected chi connectivity index (χ1v) is 17.1. The fourth-order valence-corrected chi connectivity index (χ4v) is 7.68. The van der Waals surface area contributed by atoms with Crippen LogP contribution in [0.25, 0.3) is 0 Å². The zero-order chi connectivity index (χ0) is 32.9. The molecular weight excluding hydrogens is 730 g/mol. The fourth-order valence-electron chi connectivity index (χ4n) is 6.40. The molecular formula is C33H35Br2N9O3. The maximum Gasteiger partial charge on any atom is 0.322 e. The molecule has 3 N–H and O–H groups in total. The van der Waals surface area contributed by atoms with E-state index in [1.165, 1.54) is 0 Å². The Balaban J connectivity index is 1.19. The summed E-state index contributed by atoms with van der Waals surface area (Å²) in [6.45, 7) is 4.08. The van der Waals surface area contributed by atoms with Crippen LogP contribution in [-0.2, 0) is 17.8 Å². The van der Waals surface area contributed by atoms with Gasteiger partial charge < -0.3 is 30.0 Å². The van der Waals surface area contributed by atoms with E-state index in [4.69, 9.17) is 4.99 Å². The first-order chi connectivity index (χ1) is 22.8. The Morgan fingerprint density at radius 3 is 2.40 bits per heavy atom. The highest BCUT2D eigenvalue weighted by molar-refractivity contribution is 9.11. The summed E-state index contributed by atoms with van der Waals surface area (Å²) in [6.07, 6.45) is 7.18. The fraction of sp³-hybridized carbons (Fsp3) is 0.364. The van der Waals surface area contributed by atoms with Gasteiger partial charge in [0.25, 0.3) is 0 Å². The Morgan fingerprint density at radius 1 is 1.04 bits per heavy atom. The van der Waals surface area contributed by atoms with Crippen LogP contribution < -0.4 is 15.5 Å². The van der Waals surface area contributed by atoms with Crippen LogP contribution in [0.4, 0.5) is 16.2 Å². The van der Waals surface area contributed by atoms with Crippen LogP contribution in [0.1, 0.15) is 24.0 Å². The molecule has 47 heavy (non-hydrogen) atoms. The number of hydrogen-bond acceptors (Lipinski definition) is 7. The van der Waals surface area contributed by atoms with Crippen molar-refractivity contribution < 1.29 is 14.7 Å². The highest BCUT2D eigenvalue weighted by Gasteiger charge is 2.34. The van der Waals surface area contributed by atoms with Gasteiger partial charge in [-0.2, -0.15) is 5.26 Å². The van der Waals surface area contributed by atoms with Gasteiger partial charge in [0.2, 0.25) is 11.9 Å². The van der Waals surface area contributed by atoms with Crippen LogP contribution in [0.5, 0.6) is 5.75 Å². The molecule has 3 aromatic rings.